The smallest absolute Gasteiger partial charge is 0.243 e. The van der Waals surface area contributed by atoms with Crippen LogP contribution in [0, 0.1) is 28.4 Å². The van der Waals surface area contributed by atoms with Gasteiger partial charge in [-0.2, -0.15) is 5.26 Å². The molecule has 1 saturated heterocycles. The fraction of sp³-hybridized carbons (Fsp3) is 0.391. The largest absolute Gasteiger partial charge is 0.341 e. The highest BCUT2D eigenvalue weighted by Gasteiger charge is 2.63. The number of likely N-dealkylation sites (tertiary alicyclic amines) is 1. The van der Waals surface area contributed by atoms with Gasteiger partial charge < -0.3 is 10.6 Å². The van der Waals surface area contributed by atoms with Gasteiger partial charge in [-0.05, 0) is 48.9 Å². The number of halogens is 2. The molecule has 2 N–H and O–H groups in total. The van der Waals surface area contributed by atoms with Crippen molar-refractivity contribution in [2.45, 2.75) is 37.6 Å². The predicted molar refractivity (Wildman–Crippen MR) is 106 cm³/mol. The quantitative estimate of drug-likeness (QED) is 0.855. The molecule has 2 aliphatic rings. The normalized spacial score (nSPS) is 26.5. The number of carbonyl (C=O) groups is 1. The van der Waals surface area contributed by atoms with Crippen LogP contribution in [-0.4, -0.2) is 29.9 Å². The summed E-state index contributed by atoms with van der Waals surface area (Å²) in [5.74, 6) is -1.89. The maximum absolute atomic E-state index is 14.4. The number of nitrogens with two attached hydrogens (primary N) is 1. The summed E-state index contributed by atoms with van der Waals surface area (Å²) < 4.78 is 28.8. The molecule has 1 amide bonds. The molecule has 2 aromatic carbocycles. The standard InChI is InChI=1S/C23H23F2N3O/c24-19-8-3-9-20(25)21(19)17-7-2-1-6-16(17)18-13-23(18,14-26)22(29)28-11-4-5-15(27)10-12-28/h1-3,6-9,15,18H,4-5,10-13,27H2. The van der Waals surface area contributed by atoms with Gasteiger partial charge in [0, 0.05) is 25.0 Å². The molecule has 29 heavy (non-hydrogen) atoms. The molecule has 2 aromatic rings. The second-order valence-electron chi connectivity index (χ2n) is 8.01. The van der Waals surface area contributed by atoms with Crippen LogP contribution in [0.15, 0.2) is 42.5 Å². The van der Waals surface area contributed by atoms with Gasteiger partial charge in [0.2, 0.25) is 5.91 Å². The molecular weight excluding hydrogens is 372 g/mol. The van der Waals surface area contributed by atoms with E-state index in [0.717, 1.165) is 19.3 Å². The molecule has 0 bridgehead atoms. The van der Waals surface area contributed by atoms with Gasteiger partial charge in [0.25, 0.3) is 0 Å². The molecule has 1 aliphatic carbocycles. The van der Waals surface area contributed by atoms with Crippen LogP contribution in [0.3, 0.4) is 0 Å². The average molecular weight is 395 g/mol. The molecule has 4 nitrogen and oxygen atoms in total. The Hall–Kier alpha value is -2.78. The first-order valence-electron chi connectivity index (χ1n) is 9.97. The molecule has 1 heterocycles. The Morgan fingerprint density at radius 1 is 1.10 bits per heavy atom. The Morgan fingerprint density at radius 3 is 2.55 bits per heavy atom. The van der Waals surface area contributed by atoms with E-state index in [2.05, 4.69) is 6.07 Å². The van der Waals surface area contributed by atoms with Crippen LogP contribution in [0.5, 0.6) is 0 Å². The van der Waals surface area contributed by atoms with E-state index in [9.17, 15) is 18.8 Å². The lowest BCUT2D eigenvalue weighted by molar-refractivity contribution is -0.135. The van der Waals surface area contributed by atoms with Crippen LogP contribution in [0.4, 0.5) is 8.78 Å². The van der Waals surface area contributed by atoms with E-state index in [1.165, 1.54) is 18.2 Å². The van der Waals surface area contributed by atoms with Crippen LogP contribution in [0.2, 0.25) is 0 Å². The van der Waals surface area contributed by atoms with Gasteiger partial charge in [0.1, 0.15) is 17.0 Å². The van der Waals surface area contributed by atoms with Crippen molar-refractivity contribution in [1.82, 2.24) is 4.90 Å². The summed E-state index contributed by atoms with van der Waals surface area (Å²) in [6, 6.07) is 12.9. The summed E-state index contributed by atoms with van der Waals surface area (Å²) in [7, 11) is 0. The molecule has 0 aromatic heterocycles. The SMILES string of the molecule is N#CC1(C(=O)N2CCCC(N)CC2)CC1c1ccccc1-c1c(F)cccc1F. The van der Waals surface area contributed by atoms with E-state index >= 15 is 0 Å². The van der Waals surface area contributed by atoms with E-state index in [0.29, 0.717) is 30.6 Å². The number of benzene rings is 2. The van der Waals surface area contributed by atoms with Crippen molar-refractivity contribution in [3.63, 3.8) is 0 Å². The van der Waals surface area contributed by atoms with Gasteiger partial charge in [-0.3, -0.25) is 4.79 Å². The summed E-state index contributed by atoms with van der Waals surface area (Å²) >= 11 is 0. The second-order valence-corrected chi connectivity index (χ2v) is 8.01. The van der Waals surface area contributed by atoms with Gasteiger partial charge in [-0.15, -0.1) is 0 Å². The Bertz CT molecular complexity index is 966. The van der Waals surface area contributed by atoms with Crippen molar-refractivity contribution in [2.24, 2.45) is 11.1 Å². The van der Waals surface area contributed by atoms with E-state index in [1.54, 1.807) is 29.2 Å². The van der Waals surface area contributed by atoms with Crippen LogP contribution in [-0.2, 0) is 4.79 Å². The molecule has 6 heteroatoms. The van der Waals surface area contributed by atoms with Crippen molar-refractivity contribution in [1.29, 1.82) is 5.26 Å². The number of carbonyl (C=O) groups excluding carboxylic acids is 1. The first-order valence-corrected chi connectivity index (χ1v) is 9.97. The topological polar surface area (TPSA) is 70.1 Å². The summed E-state index contributed by atoms with van der Waals surface area (Å²) in [6.07, 6.45) is 2.76. The van der Waals surface area contributed by atoms with E-state index in [4.69, 9.17) is 5.73 Å². The van der Waals surface area contributed by atoms with Gasteiger partial charge in [-0.1, -0.05) is 30.3 Å². The molecular formula is C23H23F2N3O. The third-order valence-electron chi connectivity index (χ3n) is 6.17. The van der Waals surface area contributed by atoms with Crippen LogP contribution < -0.4 is 5.73 Å². The van der Waals surface area contributed by atoms with Gasteiger partial charge in [-0.25, -0.2) is 8.78 Å². The molecule has 1 saturated carbocycles. The van der Waals surface area contributed by atoms with Crippen molar-refractivity contribution >= 4 is 5.91 Å². The minimum atomic E-state index is -1.17. The monoisotopic (exact) mass is 395 g/mol. The van der Waals surface area contributed by atoms with Crippen molar-refractivity contribution < 1.29 is 13.6 Å². The van der Waals surface area contributed by atoms with Crippen molar-refractivity contribution in [3.8, 4) is 17.2 Å². The zero-order valence-corrected chi connectivity index (χ0v) is 16.1. The molecule has 3 unspecified atom stereocenters. The minimum Gasteiger partial charge on any atom is -0.341 e. The molecule has 1 aliphatic heterocycles. The van der Waals surface area contributed by atoms with Crippen LogP contribution in [0.1, 0.15) is 37.2 Å². The van der Waals surface area contributed by atoms with Gasteiger partial charge >= 0.3 is 0 Å². The fourth-order valence-corrected chi connectivity index (χ4v) is 4.44. The third-order valence-corrected chi connectivity index (χ3v) is 6.17. The lowest BCUT2D eigenvalue weighted by Gasteiger charge is -2.24. The summed E-state index contributed by atoms with van der Waals surface area (Å²) in [5.41, 5.74) is 5.76. The summed E-state index contributed by atoms with van der Waals surface area (Å²) in [4.78, 5) is 15.0. The van der Waals surface area contributed by atoms with E-state index in [-0.39, 0.29) is 23.4 Å². The molecule has 150 valence electrons. The molecule has 2 fully saturated rings. The number of hydrogen-bond acceptors (Lipinski definition) is 3. The lowest BCUT2D eigenvalue weighted by atomic mass is 9.91. The maximum atomic E-state index is 14.4. The third kappa shape index (κ3) is 3.40. The Morgan fingerprint density at radius 2 is 1.83 bits per heavy atom. The minimum absolute atomic E-state index is 0.0746. The zero-order chi connectivity index (χ0) is 20.6. The maximum Gasteiger partial charge on any atom is 0.243 e. The van der Waals surface area contributed by atoms with E-state index < -0.39 is 17.0 Å². The predicted octanol–water partition coefficient (Wildman–Crippen LogP) is 3.97. The van der Waals surface area contributed by atoms with Crippen LogP contribution >= 0.6 is 0 Å². The molecule has 0 spiro atoms. The molecule has 4 rings (SSSR count). The van der Waals surface area contributed by atoms with Crippen molar-refractivity contribution in [2.75, 3.05) is 13.1 Å². The summed E-state index contributed by atoms with van der Waals surface area (Å²) in [6.45, 7) is 1.13. The zero-order valence-electron chi connectivity index (χ0n) is 16.1. The average Bonchev–Trinajstić information content (AvgIpc) is 3.49. The first kappa shape index (κ1) is 19.5. The number of nitrogens with zero attached hydrogens (tertiary/aromatic N) is 2. The van der Waals surface area contributed by atoms with E-state index in [1.807, 2.05) is 0 Å². The molecule has 3 atom stereocenters. The van der Waals surface area contributed by atoms with Gasteiger partial charge in [0.15, 0.2) is 0 Å². The highest BCUT2D eigenvalue weighted by atomic mass is 19.1. The van der Waals surface area contributed by atoms with Crippen LogP contribution in [0.25, 0.3) is 11.1 Å². The number of hydrogen-bond donors (Lipinski definition) is 1. The Balaban J connectivity index is 1.67. The lowest BCUT2D eigenvalue weighted by Crippen LogP contribution is -2.38. The highest BCUT2D eigenvalue weighted by Crippen LogP contribution is 2.61. The Kier molecular flexibility index (Phi) is 5.10. The second kappa shape index (κ2) is 7.57. The highest BCUT2D eigenvalue weighted by molar-refractivity contribution is 5.91. The first-order chi connectivity index (χ1) is 14.0. The number of amides is 1. The van der Waals surface area contributed by atoms with Gasteiger partial charge in [0.05, 0.1) is 11.6 Å². The Labute approximate surface area is 168 Å². The van der Waals surface area contributed by atoms with Crippen molar-refractivity contribution in [3.05, 3.63) is 59.7 Å². The molecule has 0 radical (unpaired) electrons. The number of rotatable bonds is 3. The number of nitriles is 1. The summed E-state index contributed by atoms with van der Waals surface area (Å²) in [5, 5.41) is 9.91. The fourth-order valence-electron chi connectivity index (χ4n) is 4.44.